The SMILES string of the molecule is CC(C)c1cccc(C(C)C)c1C(=O)NC(Cc1ccc(NC(=O)c2c(Cl)cccc2Cl)cc1)C(=O)O. The Balaban J connectivity index is 1.76. The summed E-state index contributed by atoms with van der Waals surface area (Å²) in [6, 6.07) is 16.1. The van der Waals surface area contributed by atoms with Crippen molar-refractivity contribution in [1.29, 1.82) is 0 Å². The van der Waals surface area contributed by atoms with Gasteiger partial charge in [0.15, 0.2) is 0 Å². The van der Waals surface area contributed by atoms with Crippen LogP contribution in [0.15, 0.2) is 60.7 Å². The molecule has 194 valence electrons. The van der Waals surface area contributed by atoms with Crippen LogP contribution in [0.25, 0.3) is 0 Å². The largest absolute Gasteiger partial charge is 0.480 e. The van der Waals surface area contributed by atoms with E-state index < -0.39 is 23.8 Å². The minimum atomic E-state index is -1.13. The van der Waals surface area contributed by atoms with E-state index in [0.29, 0.717) is 16.8 Å². The fourth-order valence-electron chi connectivity index (χ4n) is 4.11. The predicted molar refractivity (Wildman–Crippen MR) is 148 cm³/mol. The molecule has 1 unspecified atom stereocenters. The molecule has 3 aromatic rings. The molecule has 8 heteroatoms. The molecule has 6 nitrogen and oxygen atoms in total. The highest BCUT2D eigenvalue weighted by Crippen LogP contribution is 2.28. The number of carboxylic acid groups (broad SMARTS) is 1. The molecule has 0 spiro atoms. The maximum atomic E-state index is 13.3. The molecular weight excluding hydrogens is 511 g/mol. The number of carboxylic acids is 1. The number of amides is 2. The van der Waals surface area contributed by atoms with E-state index in [1.54, 1.807) is 42.5 Å². The van der Waals surface area contributed by atoms with E-state index >= 15 is 0 Å². The van der Waals surface area contributed by atoms with Crippen molar-refractivity contribution in [1.82, 2.24) is 5.32 Å². The molecule has 0 saturated carbocycles. The van der Waals surface area contributed by atoms with Gasteiger partial charge in [0, 0.05) is 17.7 Å². The minimum Gasteiger partial charge on any atom is -0.480 e. The normalized spacial score (nSPS) is 11.9. The number of anilines is 1. The molecule has 1 atom stereocenters. The van der Waals surface area contributed by atoms with Crippen molar-refractivity contribution >= 4 is 46.7 Å². The van der Waals surface area contributed by atoms with Crippen LogP contribution in [0, 0.1) is 0 Å². The van der Waals surface area contributed by atoms with Crippen molar-refractivity contribution in [3.05, 3.63) is 98.5 Å². The third kappa shape index (κ3) is 6.90. The first-order valence-electron chi connectivity index (χ1n) is 12.0. The second-order valence-electron chi connectivity index (χ2n) is 9.44. The summed E-state index contributed by atoms with van der Waals surface area (Å²) in [6.07, 6.45) is 0.0759. The van der Waals surface area contributed by atoms with Crippen LogP contribution in [0.1, 0.15) is 76.9 Å². The molecule has 0 aliphatic heterocycles. The summed E-state index contributed by atoms with van der Waals surface area (Å²) in [5.74, 6) is -1.78. The van der Waals surface area contributed by atoms with E-state index in [2.05, 4.69) is 10.6 Å². The van der Waals surface area contributed by atoms with Crippen molar-refractivity contribution in [3.8, 4) is 0 Å². The molecule has 0 bridgehead atoms. The number of hydrogen-bond acceptors (Lipinski definition) is 3. The number of carbonyl (C=O) groups is 3. The number of carbonyl (C=O) groups excluding carboxylic acids is 2. The fourth-order valence-corrected chi connectivity index (χ4v) is 4.68. The summed E-state index contributed by atoms with van der Waals surface area (Å²) < 4.78 is 0. The van der Waals surface area contributed by atoms with Gasteiger partial charge < -0.3 is 15.7 Å². The average molecular weight is 541 g/mol. The molecule has 0 heterocycles. The monoisotopic (exact) mass is 540 g/mol. The third-order valence-electron chi connectivity index (χ3n) is 6.04. The van der Waals surface area contributed by atoms with Crippen LogP contribution in [0.2, 0.25) is 10.0 Å². The maximum absolute atomic E-state index is 13.3. The first-order valence-corrected chi connectivity index (χ1v) is 12.8. The van der Waals surface area contributed by atoms with Crippen LogP contribution in [0.5, 0.6) is 0 Å². The lowest BCUT2D eigenvalue weighted by molar-refractivity contribution is -0.139. The lowest BCUT2D eigenvalue weighted by Gasteiger charge is -2.21. The van der Waals surface area contributed by atoms with E-state index in [1.807, 2.05) is 45.9 Å². The molecule has 37 heavy (non-hydrogen) atoms. The second-order valence-corrected chi connectivity index (χ2v) is 10.3. The topological polar surface area (TPSA) is 95.5 Å². The summed E-state index contributed by atoms with van der Waals surface area (Å²) >= 11 is 12.2. The summed E-state index contributed by atoms with van der Waals surface area (Å²) in [6.45, 7) is 8.02. The zero-order valence-corrected chi connectivity index (χ0v) is 22.7. The van der Waals surface area contributed by atoms with E-state index in [9.17, 15) is 19.5 Å². The molecular formula is C29H30Cl2N2O4. The predicted octanol–water partition coefficient (Wildman–Crippen LogP) is 6.92. The highest BCUT2D eigenvalue weighted by Gasteiger charge is 2.26. The summed E-state index contributed by atoms with van der Waals surface area (Å²) in [7, 11) is 0. The highest BCUT2D eigenvalue weighted by atomic mass is 35.5. The molecule has 0 aliphatic carbocycles. The van der Waals surface area contributed by atoms with Gasteiger partial charge in [-0.05, 0) is 52.8 Å². The van der Waals surface area contributed by atoms with Gasteiger partial charge in [0.25, 0.3) is 11.8 Å². The third-order valence-corrected chi connectivity index (χ3v) is 6.67. The Morgan fingerprint density at radius 1 is 0.757 bits per heavy atom. The molecule has 0 aliphatic rings. The number of halogens is 2. The number of hydrogen-bond donors (Lipinski definition) is 3. The molecule has 0 fully saturated rings. The van der Waals surface area contributed by atoms with Crippen LogP contribution in [-0.2, 0) is 11.2 Å². The van der Waals surface area contributed by atoms with Crippen molar-refractivity contribution in [3.63, 3.8) is 0 Å². The van der Waals surface area contributed by atoms with Crippen LogP contribution < -0.4 is 10.6 Å². The average Bonchev–Trinajstić information content (AvgIpc) is 2.83. The van der Waals surface area contributed by atoms with Gasteiger partial charge in [0.1, 0.15) is 6.04 Å². The Morgan fingerprint density at radius 3 is 1.76 bits per heavy atom. The van der Waals surface area contributed by atoms with E-state index in [1.165, 1.54) is 0 Å². The number of benzene rings is 3. The van der Waals surface area contributed by atoms with Gasteiger partial charge >= 0.3 is 5.97 Å². The molecule has 0 saturated heterocycles. The van der Waals surface area contributed by atoms with Gasteiger partial charge in [0.2, 0.25) is 0 Å². The number of rotatable bonds is 9. The Kier molecular flexibility index (Phi) is 9.35. The van der Waals surface area contributed by atoms with E-state index in [-0.39, 0.29) is 33.9 Å². The highest BCUT2D eigenvalue weighted by molar-refractivity contribution is 6.40. The van der Waals surface area contributed by atoms with E-state index in [0.717, 1.165) is 11.1 Å². The summed E-state index contributed by atoms with van der Waals surface area (Å²) in [5.41, 5.74) is 3.65. The zero-order chi connectivity index (χ0) is 27.3. The molecule has 2 amide bonds. The molecule has 0 aromatic heterocycles. The molecule has 0 radical (unpaired) electrons. The summed E-state index contributed by atoms with van der Waals surface area (Å²) in [4.78, 5) is 38.0. The van der Waals surface area contributed by atoms with Crippen molar-refractivity contribution in [2.45, 2.75) is 52.0 Å². The molecule has 3 rings (SSSR count). The smallest absolute Gasteiger partial charge is 0.326 e. The van der Waals surface area contributed by atoms with Crippen LogP contribution in [-0.4, -0.2) is 28.9 Å². The van der Waals surface area contributed by atoms with Crippen molar-refractivity contribution in [2.75, 3.05) is 5.32 Å². The standard InChI is InChI=1S/C29H30Cl2N2O4/c1-16(2)20-7-5-8-21(17(3)4)25(20)27(34)33-24(29(36)37)15-18-11-13-19(14-12-18)32-28(35)26-22(30)9-6-10-23(26)31/h5-14,16-17,24H,15H2,1-4H3,(H,32,35)(H,33,34)(H,36,37). The first-order chi connectivity index (χ1) is 17.5. The number of nitrogens with one attached hydrogen (secondary N) is 2. The Morgan fingerprint density at radius 2 is 1.27 bits per heavy atom. The second kappa shape index (κ2) is 12.3. The lowest BCUT2D eigenvalue weighted by atomic mass is 9.88. The fraction of sp³-hybridized carbons (Fsp3) is 0.276. The lowest BCUT2D eigenvalue weighted by Crippen LogP contribution is -2.43. The van der Waals surface area contributed by atoms with Crippen molar-refractivity contribution < 1.29 is 19.5 Å². The van der Waals surface area contributed by atoms with Crippen molar-refractivity contribution in [2.24, 2.45) is 0 Å². The Hall–Kier alpha value is -3.35. The van der Waals surface area contributed by atoms with E-state index in [4.69, 9.17) is 23.2 Å². The van der Waals surface area contributed by atoms with Crippen LogP contribution in [0.4, 0.5) is 5.69 Å². The number of aliphatic carboxylic acids is 1. The Bertz CT molecular complexity index is 1260. The quantitative estimate of drug-likeness (QED) is 0.274. The maximum Gasteiger partial charge on any atom is 0.326 e. The van der Waals surface area contributed by atoms with Crippen LogP contribution >= 0.6 is 23.2 Å². The van der Waals surface area contributed by atoms with Gasteiger partial charge in [-0.3, -0.25) is 9.59 Å². The van der Waals surface area contributed by atoms with Gasteiger partial charge in [0.05, 0.1) is 15.6 Å². The van der Waals surface area contributed by atoms with Crippen LogP contribution in [0.3, 0.4) is 0 Å². The minimum absolute atomic E-state index is 0.0759. The van der Waals surface area contributed by atoms with Gasteiger partial charge in [-0.25, -0.2) is 4.79 Å². The summed E-state index contributed by atoms with van der Waals surface area (Å²) in [5, 5.41) is 15.8. The Labute approximate surface area is 227 Å². The van der Waals surface area contributed by atoms with Gasteiger partial charge in [-0.1, -0.05) is 87.3 Å². The van der Waals surface area contributed by atoms with Gasteiger partial charge in [-0.15, -0.1) is 0 Å². The molecule has 3 aromatic carbocycles. The van der Waals surface area contributed by atoms with Gasteiger partial charge in [-0.2, -0.15) is 0 Å². The molecule has 3 N–H and O–H groups in total. The zero-order valence-electron chi connectivity index (χ0n) is 21.1. The first kappa shape index (κ1) is 28.2.